The van der Waals surface area contributed by atoms with Crippen LogP contribution in [-0.2, 0) is 11.8 Å². The van der Waals surface area contributed by atoms with Gasteiger partial charge in [0.05, 0.1) is 18.5 Å². The molecule has 2 aliphatic heterocycles. The Bertz CT molecular complexity index is 788. The number of amides is 1. The maximum absolute atomic E-state index is 12.8. The van der Waals surface area contributed by atoms with Gasteiger partial charge in [0.1, 0.15) is 9.88 Å². The van der Waals surface area contributed by atoms with Crippen LogP contribution in [0.2, 0.25) is 0 Å². The summed E-state index contributed by atoms with van der Waals surface area (Å²) in [6, 6.07) is 0.247. The number of nitrogens with one attached hydrogen (secondary N) is 1. The van der Waals surface area contributed by atoms with Gasteiger partial charge < -0.3 is 15.0 Å². The first-order valence-corrected chi connectivity index (χ1v) is 10.5. The molecule has 1 unspecified atom stereocenters. The summed E-state index contributed by atoms with van der Waals surface area (Å²) in [4.78, 5) is 20.5. The minimum atomic E-state index is 0.00258. The molecule has 1 N–H and O–H groups in total. The van der Waals surface area contributed by atoms with Gasteiger partial charge in [0.15, 0.2) is 0 Å². The molecule has 0 aliphatic carbocycles. The van der Waals surface area contributed by atoms with Crippen LogP contribution in [-0.4, -0.2) is 64.5 Å². The van der Waals surface area contributed by atoms with Crippen molar-refractivity contribution in [2.75, 3.05) is 32.8 Å². The van der Waals surface area contributed by atoms with Crippen LogP contribution in [0.4, 0.5) is 0 Å². The number of carbonyl (C=O) groups is 1. The van der Waals surface area contributed by atoms with Crippen LogP contribution in [0.25, 0.3) is 10.6 Å². The lowest BCUT2D eigenvalue weighted by Gasteiger charge is -2.33. The van der Waals surface area contributed by atoms with Crippen molar-refractivity contribution < 1.29 is 9.53 Å². The summed E-state index contributed by atoms with van der Waals surface area (Å²) in [5.41, 5.74) is 1.74. The number of aryl methyl sites for hydroxylation is 2. The van der Waals surface area contributed by atoms with Crippen molar-refractivity contribution in [2.24, 2.45) is 13.0 Å². The van der Waals surface area contributed by atoms with E-state index >= 15 is 0 Å². The van der Waals surface area contributed by atoms with Crippen molar-refractivity contribution in [3.63, 3.8) is 0 Å². The Kier molecular flexibility index (Phi) is 5.56. The van der Waals surface area contributed by atoms with E-state index in [1.807, 2.05) is 20.2 Å². The van der Waals surface area contributed by atoms with Crippen LogP contribution >= 0.6 is 11.3 Å². The van der Waals surface area contributed by atoms with Crippen LogP contribution in [0.1, 0.15) is 34.6 Å². The van der Waals surface area contributed by atoms with Gasteiger partial charge in [-0.15, -0.1) is 11.3 Å². The number of carbonyl (C=O) groups excluding carboxylic acids is 1. The number of aromatic nitrogens is 3. The summed E-state index contributed by atoms with van der Waals surface area (Å²) in [6.45, 7) is 6.93. The SMILES string of the molecule is Cc1nc(-c2cnn(C)c2)sc1C(=O)NC1CCN(CC2CCOC2)CC1. The summed E-state index contributed by atoms with van der Waals surface area (Å²) in [7, 11) is 1.88. The highest BCUT2D eigenvalue weighted by atomic mass is 32.1. The molecule has 1 amide bonds. The molecule has 0 saturated carbocycles. The second kappa shape index (κ2) is 8.08. The quantitative estimate of drug-likeness (QED) is 0.848. The van der Waals surface area contributed by atoms with E-state index < -0.39 is 0 Å². The van der Waals surface area contributed by atoms with E-state index in [4.69, 9.17) is 4.74 Å². The van der Waals surface area contributed by atoms with Crippen LogP contribution in [0, 0.1) is 12.8 Å². The summed E-state index contributed by atoms with van der Waals surface area (Å²) in [5, 5.41) is 8.25. The fourth-order valence-electron chi connectivity index (χ4n) is 3.87. The Labute approximate surface area is 163 Å². The zero-order chi connectivity index (χ0) is 18.8. The molecule has 2 saturated heterocycles. The lowest BCUT2D eigenvalue weighted by molar-refractivity contribution is 0.0906. The molecule has 2 aromatic rings. The number of thiazole rings is 1. The molecule has 0 radical (unpaired) electrons. The van der Waals surface area contributed by atoms with Gasteiger partial charge in [0, 0.05) is 51.1 Å². The maximum atomic E-state index is 12.8. The number of ether oxygens (including phenoxy) is 1. The van der Waals surface area contributed by atoms with E-state index in [1.165, 1.54) is 17.8 Å². The zero-order valence-corrected chi connectivity index (χ0v) is 16.8. The minimum Gasteiger partial charge on any atom is -0.381 e. The second-order valence-electron chi connectivity index (χ2n) is 7.61. The summed E-state index contributed by atoms with van der Waals surface area (Å²) >= 11 is 1.44. The summed E-state index contributed by atoms with van der Waals surface area (Å²) < 4.78 is 7.22. The first-order chi connectivity index (χ1) is 13.1. The summed E-state index contributed by atoms with van der Waals surface area (Å²) in [6.07, 6.45) is 6.90. The van der Waals surface area contributed by atoms with E-state index in [9.17, 15) is 4.79 Å². The molecule has 2 aromatic heterocycles. The highest BCUT2D eigenvalue weighted by molar-refractivity contribution is 7.17. The predicted octanol–water partition coefficient (Wildman–Crippen LogP) is 2.08. The van der Waals surface area contributed by atoms with Gasteiger partial charge in [-0.1, -0.05) is 0 Å². The van der Waals surface area contributed by atoms with Crippen LogP contribution in [0.5, 0.6) is 0 Å². The van der Waals surface area contributed by atoms with Crippen LogP contribution in [0.15, 0.2) is 12.4 Å². The van der Waals surface area contributed by atoms with Gasteiger partial charge in [0.25, 0.3) is 5.91 Å². The Morgan fingerprint density at radius 2 is 2.19 bits per heavy atom. The van der Waals surface area contributed by atoms with E-state index in [0.717, 1.165) is 62.0 Å². The third kappa shape index (κ3) is 4.39. The Morgan fingerprint density at radius 1 is 1.37 bits per heavy atom. The molecule has 146 valence electrons. The molecule has 27 heavy (non-hydrogen) atoms. The molecule has 0 bridgehead atoms. The smallest absolute Gasteiger partial charge is 0.263 e. The molecule has 7 nitrogen and oxygen atoms in total. The lowest BCUT2D eigenvalue weighted by atomic mass is 10.0. The third-order valence-electron chi connectivity index (χ3n) is 5.42. The fraction of sp³-hybridized carbons (Fsp3) is 0.632. The summed E-state index contributed by atoms with van der Waals surface area (Å²) in [5.74, 6) is 0.685. The van der Waals surface area contributed by atoms with Gasteiger partial charge in [0.2, 0.25) is 0 Å². The molecule has 8 heteroatoms. The maximum Gasteiger partial charge on any atom is 0.263 e. The third-order valence-corrected chi connectivity index (χ3v) is 6.62. The Morgan fingerprint density at radius 3 is 2.85 bits per heavy atom. The van der Waals surface area contributed by atoms with Gasteiger partial charge in [-0.05, 0) is 32.1 Å². The standard InChI is InChI=1S/C19H27N5O2S/c1-13-17(27-19(21-13)15-9-20-23(2)11-15)18(25)22-16-3-6-24(7-4-16)10-14-5-8-26-12-14/h9,11,14,16H,3-8,10,12H2,1-2H3,(H,22,25). The average Bonchev–Trinajstić information content (AvgIpc) is 3.38. The first-order valence-electron chi connectivity index (χ1n) is 9.66. The molecular weight excluding hydrogens is 362 g/mol. The molecule has 2 aliphatic rings. The van der Waals surface area contributed by atoms with Crippen molar-refractivity contribution in [2.45, 2.75) is 32.2 Å². The minimum absolute atomic E-state index is 0.00258. The van der Waals surface area contributed by atoms with Gasteiger partial charge >= 0.3 is 0 Å². The molecule has 0 aromatic carbocycles. The molecule has 1 atom stereocenters. The van der Waals surface area contributed by atoms with E-state index in [2.05, 4.69) is 20.3 Å². The number of hydrogen-bond acceptors (Lipinski definition) is 6. The number of likely N-dealkylation sites (tertiary alicyclic amines) is 1. The van der Waals surface area contributed by atoms with E-state index in [0.29, 0.717) is 10.8 Å². The number of rotatable bonds is 5. The molecular formula is C19H27N5O2S. The zero-order valence-electron chi connectivity index (χ0n) is 16.0. The lowest BCUT2D eigenvalue weighted by Crippen LogP contribution is -2.45. The van der Waals surface area contributed by atoms with E-state index in [-0.39, 0.29) is 11.9 Å². The van der Waals surface area contributed by atoms with Gasteiger partial charge in [-0.25, -0.2) is 4.98 Å². The van der Waals surface area contributed by atoms with E-state index in [1.54, 1.807) is 10.9 Å². The number of hydrogen-bond donors (Lipinski definition) is 1. The highest BCUT2D eigenvalue weighted by Gasteiger charge is 2.26. The Balaban J connectivity index is 1.31. The van der Waals surface area contributed by atoms with Crippen molar-refractivity contribution in [3.8, 4) is 10.6 Å². The number of piperidine rings is 1. The Hall–Kier alpha value is -1.77. The second-order valence-corrected chi connectivity index (χ2v) is 8.61. The first kappa shape index (κ1) is 18.6. The van der Waals surface area contributed by atoms with Gasteiger partial charge in [-0.3, -0.25) is 9.48 Å². The van der Waals surface area contributed by atoms with Crippen LogP contribution < -0.4 is 5.32 Å². The van der Waals surface area contributed by atoms with Gasteiger partial charge in [-0.2, -0.15) is 5.10 Å². The predicted molar refractivity (Wildman–Crippen MR) is 105 cm³/mol. The average molecular weight is 390 g/mol. The van der Waals surface area contributed by atoms with Crippen molar-refractivity contribution in [3.05, 3.63) is 23.0 Å². The van der Waals surface area contributed by atoms with Crippen molar-refractivity contribution in [1.82, 2.24) is 25.0 Å². The van der Waals surface area contributed by atoms with Crippen molar-refractivity contribution >= 4 is 17.2 Å². The molecule has 0 spiro atoms. The monoisotopic (exact) mass is 389 g/mol. The molecule has 2 fully saturated rings. The highest BCUT2D eigenvalue weighted by Crippen LogP contribution is 2.28. The molecule has 4 rings (SSSR count). The van der Waals surface area contributed by atoms with Crippen LogP contribution in [0.3, 0.4) is 0 Å². The largest absolute Gasteiger partial charge is 0.381 e. The molecule has 4 heterocycles. The van der Waals surface area contributed by atoms with Crippen molar-refractivity contribution in [1.29, 1.82) is 0 Å². The number of nitrogens with zero attached hydrogens (tertiary/aromatic N) is 4. The normalized spacial score (nSPS) is 21.6. The topological polar surface area (TPSA) is 72.3 Å². The fourth-order valence-corrected chi connectivity index (χ4v) is 4.81.